The summed E-state index contributed by atoms with van der Waals surface area (Å²) in [6.07, 6.45) is 5.66. The van der Waals surface area contributed by atoms with Crippen molar-refractivity contribution in [3.8, 4) is 55.8 Å². The quantitative estimate of drug-likeness (QED) is 0.198. The zero-order chi connectivity index (χ0) is 31.0. The number of nitrogens with zero attached hydrogens (tertiary/aromatic N) is 2. The highest BCUT2D eigenvalue weighted by atomic mass is 14.7. The van der Waals surface area contributed by atoms with Gasteiger partial charge in [0.25, 0.3) is 0 Å². The van der Waals surface area contributed by atoms with Crippen LogP contribution in [0.15, 0.2) is 170 Å². The van der Waals surface area contributed by atoms with Crippen molar-refractivity contribution in [3.63, 3.8) is 0 Å². The summed E-state index contributed by atoms with van der Waals surface area (Å²) in [5.41, 5.74) is 16.6. The maximum Gasteiger partial charge on any atom is 0.0725 e. The Morgan fingerprint density at radius 3 is 1.64 bits per heavy atom. The van der Waals surface area contributed by atoms with Gasteiger partial charge in [-0.1, -0.05) is 115 Å². The molecule has 6 aromatic carbocycles. The Bertz CT molecular complexity index is 2510. The number of fused-ring (bicyclic) bond motifs is 13. The van der Waals surface area contributed by atoms with Gasteiger partial charge in [-0.25, -0.2) is 0 Å². The summed E-state index contributed by atoms with van der Waals surface area (Å²) in [7, 11) is 0. The molecule has 2 aliphatic rings. The van der Waals surface area contributed by atoms with Crippen LogP contribution in [0.2, 0.25) is 0 Å². The third kappa shape index (κ3) is 3.67. The number of aromatic nitrogens is 2. The molecule has 0 aliphatic heterocycles. The highest BCUT2D eigenvalue weighted by Gasteiger charge is 2.49. The molecule has 2 nitrogen and oxygen atoms in total. The molecule has 0 saturated carbocycles. The lowest BCUT2D eigenvalue weighted by Crippen LogP contribution is -2.29. The van der Waals surface area contributed by atoms with E-state index in [0.717, 1.165) is 22.4 Å². The first-order chi connectivity index (χ1) is 23.3. The van der Waals surface area contributed by atoms with Crippen molar-refractivity contribution in [3.05, 3.63) is 193 Å². The van der Waals surface area contributed by atoms with Crippen molar-refractivity contribution in [2.75, 3.05) is 0 Å². The van der Waals surface area contributed by atoms with E-state index in [9.17, 15) is 0 Å². The molecule has 1 unspecified atom stereocenters. The highest BCUT2D eigenvalue weighted by molar-refractivity contribution is 6.01. The van der Waals surface area contributed by atoms with Gasteiger partial charge in [0.1, 0.15) is 0 Å². The average Bonchev–Trinajstić information content (AvgIpc) is 3.37. The summed E-state index contributed by atoms with van der Waals surface area (Å²) in [6.45, 7) is 0. The molecule has 0 amide bonds. The van der Waals surface area contributed by atoms with E-state index >= 15 is 0 Å². The minimum atomic E-state index is -0.528. The van der Waals surface area contributed by atoms with E-state index in [1.54, 1.807) is 6.20 Å². The molecule has 0 bridgehead atoms. The lowest BCUT2D eigenvalue weighted by Gasteiger charge is -2.35. The second-order valence-corrected chi connectivity index (χ2v) is 12.6. The van der Waals surface area contributed by atoms with Gasteiger partial charge in [-0.3, -0.25) is 9.97 Å². The van der Waals surface area contributed by atoms with E-state index in [-0.39, 0.29) is 0 Å². The average molecular weight is 597 g/mol. The molecule has 0 saturated heterocycles. The molecule has 218 valence electrons. The van der Waals surface area contributed by atoms with Crippen LogP contribution in [0.3, 0.4) is 0 Å². The Hall–Kier alpha value is -6.12. The topological polar surface area (TPSA) is 25.8 Å². The van der Waals surface area contributed by atoms with Crippen LogP contribution in [-0.4, -0.2) is 9.97 Å². The van der Waals surface area contributed by atoms with Crippen LogP contribution in [0.1, 0.15) is 22.3 Å². The zero-order valence-corrected chi connectivity index (χ0v) is 25.6. The number of pyridine rings is 2. The van der Waals surface area contributed by atoms with E-state index < -0.39 is 5.41 Å². The molecule has 0 radical (unpaired) electrons. The van der Waals surface area contributed by atoms with E-state index in [4.69, 9.17) is 4.98 Å². The Morgan fingerprint density at radius 2 is 0.957 bits per heavy atom. The van der Waals surface area contributed by atoms with Crippen LogP contribution in [-0.2, 0) is 5.41 Å². The van der Waals surface area contributed by atoms with Gasteiger partial charge in [-0.2, -0.15) is 0 Å². The second-order valence-electron chi connectivity index (χ2n) is 12.6. The van der Waals surface area contributed by atoms with Gasteiger partial charge < -0.3 is 0 Å². The summed E-state index contributed by atoms with van der Waals surface area (Å²) < 4.78 is 0. The molecule has 10 rings (SSSR count). The number of benzene rings is 6. The fourth-order valence-corrected chi connectivity index (χ4v) is 8.21. The summed E-state index contributed by atoms with van der Waals surface area (Å²) in [4.78, 5) is 9.17. The van der Waals surface area contributed by atoms with Gasteiger partial charge in [0, 0.05) is 29.7 Å². The monoisotopic (exact) mass is 596 g/mol. The summed E-state index contributed by atoms with van der Waals surface area (Å²) in [5.74, 6) is 0. The normalized spacial score (nSPS) is 15.3. The van der Waals surface area contributed by atoms with Crippen molar-refractivity contribution in [1.29, 1.82) is 0 Å². The molecular weight excluding hydrogens is 569 g/mol. The second kappa shape index (κ2) is 9.94. The molecule has 2 heterocycles. The first-order valence-corrected chi connectivity index (χ1v) is 16.1. The first kappa shape index (κ1) is 26.1. The summed E-state index contributed by atoms with van der Waals surface area (Å²) in [5, 5.41) is 2.52. The van der Waals surface area contributed by atoms with Crippen LogP contribution in [0, 0.1) is 0 Å². The molecule has 2 aromatic heterocycles. The molecule has 47 heavy (non-hydrogen) atoms. The van der Waals surface area contributed by atoms with Gasteiger partial charge >= 0.3 is 0 Å². The molecule has 1 spiro atoms. The van der Waals surface area contributed by atoms with E-state index in [0.29, 0.717) is 0 Å². The fourth-order valence-electron chi connectivity index (χ4n) is 8.21. The predicted molar refractivity (Wildman–Crippen MR) is 192 cm³/mol. The third-order valence-electron chi connectivity index (χ3n) is 10.2. The lowest BCUT2D eigenvalue weighted by atomic mass is 9.65. The molecule has 2 aliphatic carbocycles. The van der Waals surface area contributed by atoms with Crippen LogP contribution in [0.4, 0.5) is 0 Å². The van der Waals surface area contributed by atoms with Crippen LogP contribution in [0.5, 0.6) is 0 Å². The SMILES string of the molecule is c1cncc(-c2ccc(-c3ccc4c(c3)C3(c5ccccc5-c5ccccc5-4)c4ccccc4-c4cc5ccccc5cc43)cn2)c1. The maximum atomic E-state index is 4.88. The van der Waals surface area contributed by atoms with E-state index in [1.807, 2.05) is 18.5 Å². The number of hydrogen-bond acceptors (Lipinski definition) is 2. The van der Waals surface area contributed by atoms with Gasteiger partial charge in [0.15, 0.2) is 0 Å². The minimum Gasteiger partial charge on any atom is -0.264 e. The number of hydrogen-bond donors (Lipinski definition) is 0. The molecular formula is C45H28N2. The molecule has 0 N–H and O–H groups in total. The largest absolute Gasteiger partial charge is 0.264 e. The van der Waals surface area contributed by atoms with Crippen LogP contribution >= 0.6 is 0 Å². The van der Waals surface area contributed by atoms with Gasteiger partial charge in [0.2, 0.25) is 0 Å². The third-order valence-corrected chi connectivity index (χ3v) is 10.2. The van der Waals surface area contributed by atoms with Crippen molar-refractivity contribution in [1.82, 2.24) is 9.97 Å². The van der Waals surface area contributed by atoms with Gasteiger partial charge in [-0.15, -0.1) is 0 Å². The molecule has 8 aromatic rings. The first-order valence-electron chi connectivity index (χ1n) is 16.1. The maximum absolute atomic E-state index is 4.88. The molecule has 0 fully saturated rings. The fraction of sp³-hybridized carbons (Fsp3) is 0.0222. The molecule has 1 atom stereocenters. The standard InChI is InChI=1S/C45H28N2/c1-2-11-30-25-43-39(24-29(30)10-1)37-16-6-8-18-41(37)45(43)40-17-7-5-15-36(40)34-13-3-4-14-35(34)38-21-19-31(26-42(38)45)32-20-22-44(47-28-32)33-12-9-23-46-27-33/h1-28H. The summed E-state index contributed by atoms with van der Waals surface area (Å²) in [6, 6.07) is 56.0. The van der Waals surface area contributed by atoms with Gasteiger partial charge in [0.05, 0.1) is 11.1 Å². The van der Waals surface area contributed by atoms with Crippen molar-refractivity contribution < 1.29 is 0 Å². The van der Waals surface area contributed by atoms with Crippen LogP contribution < -0.4 is 0 Å². The predicted octanol–water partition coefficient (Wildman–Crippen LogP) is 11.0. The van der Waals surface area contributed by atoms with Crippen molar-refractivity contribution in [2.24, 2.45) is 0 Å². The highest BCUT2D eigenvalue weighted by Crippen LogP contribution is 2.62. The van der Waals surface area contributed by atoms with Gasteiger partial charge in [-0.05, 0) is 108 Å². The molecule has 2 heteroatoms. The Kier molecular flexibility index (Phi) is 5.53. The number of rotatable bonds is 2. The van der Waals surface area contributed by atoms with Crippen molar-refractivity contribution >= 4 is 10.8 Å². The minimum absolute atomic E-state index is 0.528. The Morgan fingerprint density at radius 1 is 0.362 bits per heavy atom. The van der Waals surface area contributed by atoms with E-state index in [2.05, 4.69) is 151 Å². The van der Waals surface area contributed by atoms with E-state index in [1.165, 1.54) is 66.4 Å². The Labute approximate surface area is 273 Å². The van der Waals surface area contributed by atoms with Crippen molar-refractivity contribution in [2.45, 2.75) is 5.41 Å². The smallest absolute Gasteiger partial charge is 0.0725 e. The lowest BCUT2D eigenvalue weighted by molar-refractivity contribution is 0.777. The Balaban J connectivity index is 1.32. The zero-order valence-electron chi connectivity index (χ0n) is 25.6. The summed E-state index contributed by atoms with van der Waals surface area (Å²) >= 11 is 0. The van der Waals surface area contributed by atoms with Crippen LogP contribution in [0.25, 0.3) is 66.5 Å².